The molecule has 0 radical (unpaired) electrons. The van der Waals surface area contributed by atoms with Crippen molar-refractivity contribution in [3.63, 3.8) is 0 Å². The summed E-state index contributed by atoms with van der Waals surface area (Å²) < 4.78 is 35.7. The fourth-order valence-corrected chi connectivity index (χ4v) is 1.80. The maximum Gasteiger partial charge on any atom is 0.471 e. The van der Waals surface area contributed by atoms with Crippen LogP contribution in [-0.2, 0) is 4.79 Å². The number of aliphatic hydroxyl groups excluding tert-OH is 1. The summed E-state index contributed by atoms with van der Waals surface area (Å²) in [4.78, 5) is 10.6. The molecule has 1 aliphatic rings. The lowest BCUT2D eigenvalue weighted by Crippen LogP contribution is -2.47. The highest BCUT2D eigenvalue weighted by atomic mass is 32.1. The molecule has 0 aromatic rings. The van der Waals surface area contributed by atoms with Crippen LogP contribution in [0.2, 0.25) is 0 Å². The predicted molar refractivity (Wildman–Crippen MR) is 50.6 cm³/mol. The van der Waals surface area contributed by atoms with Gasteiger partial charge in [0.1, 0.15) is 0 Å². The van der Waals surface area contributed by atoms with Crippen molar-refractivity contribution in [2.75, 3.05) is 0 Å². The van der Waals surface area contributed by atoms with E-state index in [4.69, 9.17) is 0 Å². The van der Waals surface area contributed by atoms with Crippen molar-refractivity contribution >= 4 is 18.5 Å². The zero-order valence-electron chi connectivity index (χ0n) is 7.79. The van der Waals surface area contributed by atoms with E-state index in [0.717, 1.165) is 0 Å². The molecule has 1 rings (SSSR count). The Kier molecular flexibility index (Phi) is 3.88. The molecule has 0 aromatic heterocycles. The van der Waals surface area contributed by atoms with Gasteiger partial charge in [0.2, 0.25) is 0 Å². The van der Waals surface area contributed by atoms with E-state index in [2.05, 4.69) is 12.6 Å². The summed E-state index contributed by atoms with van der Waals surface area (Å²) in [6, 6.07) is -0.613. The Hall–Kier alpha value is -0.430. The lowest BCUT2D eigenvalue weighted by Gasteiger charge is -2.30. The number of alkyl halides is 3. The van der Waals surface area contributed by atoms with Crippen LogP contribution in [0.15, 0.2) is 0 Å². The van der Waals surface area contributed by atoms with Crippen LogP contribution in [-0.4, -0.2) is 34.6 Å². The molecule has 1 aliphatic carbocycles. The van der Waals surface area contributed by atoms with Gasteiger partial charge in [-0.1, -0.05) is 0 Å². The van der Waals surface area contributed by atoms with Crippen molar-refractivity contribution < 1.29 is 23.1 Å². The Balaban J connectivity index is 2.44. The van der Waals surface area contributed by atoms with Gasteiger partial charge in [-0.15, -0.1) is 0 Å². The lowest BCUT2D eigenvalue weighted by atomic mass is 9.92. The number of nitrogens with one attached hydrogen (secondary N) is 1. The van der Waals surface area contributed by atoms with Crippen molar-refractivity contribution in [2.45, 2.75) is 42.8 Å². The smallest absolute Gasteiger partial charge is 0.392 e. The fourth-order valence-electron chi connectivity index (χ4n) is 1.53. The third-order valence-electron chi connectivity index (χ3n) is 2.37. The molecule has 0 bridgehead atoms. The number of thiol groups is 1. The molecule has 2 N–H and O–H groups in total. The Labute approximate surface area is 90.4 Å². The topological polar surface area (TPSA) is 49.3 Å². The number of aliphatic hydroxyl groups is 1. The van der Waals surface area contributed by atoms with Crippen LogP contribution in [0.3, 0.4) is 0 Å². The minimum atomic E-state index is -4.86. The van der Waals surface area contributed by atoms with E-state index >= 15 is 0 Å². The summed E-state index contributed by atoms with van der Waals surface area (Å²) in [5.41, 5.74) is 0. The van der Waals surface area contributed by atoms with E-state index in [1.54, 1.807) is 0 Å². The molecule has 0 unspecified atom stereocenters. The van der Waals surface area contributed by atoms with E-state index in [-0.39, 0.29) is 11.7 Å². The first-order chi connectivity index (χ1) is 6.80. The van der Waals surface area contributed by atoms with Crippen molar-refractivity contribution in [3.05, 3.63) is 0 Å². The third-order valence-corrected chi connectivity index (χ3v) is 2.98. The SMILES string of the molecule is O=C(N[C@@H]1CC[C@@H](S)[C@H](O)C1)C(F)(F)F. The highest BCUT2D eigenvalue weighted by molar-refractivity contribution is 7.81. The first-order valence-electron chi connectivity index (χ1n) is 4.54. The Morgan fingerprint density at radius 1 is 1.40 bits per heavy atom. The Morgan fingerprint density at radius 3 is 2.47 bits per heavy atom. The Bertz CT molecular complexity index is 247. The molecule has 1 fully saturated rings. The molecule has 3 atom stereocenters. The maximum atomic E-state index is 11.9. The van der Waals surface area contributed by atoms with Crippen LogP contribution in [0.5, 0.6) is 0 Å². The van der Waals surface area contributed by atoms with Crippen LogP contribution in [0.4, 0.5) is 13.2 Å². The highest BCUT2D eigenvalue weighted by Crippen LogP contribution is 2.24. The first kappa shape index (κ1) is 12.6. The van der Waals surface area contributed by atoms with E-state index in [1.807, 2.05) is 5.32 Å². The summed E-state index contributed by atoms with van der Waals surface area (Å²) in [6.45, 7) is 0. The van der Waals surface area contributed by atoms with Crippen LogP contribution >= 0.6 is 12.6 Å². The average molecular weight is 243 g/mol. The van der Waals surface area contributed by atoms with Gasteiger partial charge >= 0.3 is 12.1 Å². The average Bonchev–Trinajstić information content (AvgIpc) is 2.10. The van der Waals surface area contributed by atoms with Gasteiger partial charge in [0.05, 0.1) is 6.10 Å². The third kappa shape index (κ3) is 3.57. The number of carbonyl (C=O) groups excluding carboxylic acids is 1. The minimum Gasteiger partial charge on any atom is -0.392 e. The molecule has 0 aromatic carbocycles. The Morgan fingerprint density at radius 2 is 2.00 bits per heavy atom. The second-order valence-electron chi connectivity index (χ2n) is 3.62. The highest BCUT2D eigenvalue weighted by Gasteiger charge is 2.40. The summed E-state index contributed by atoms with van der Waals surface area (Å²) in [5.74, 6) is -1.95. The van der Waals surface area contributed by atoms with E-state index in [9.17, 15) is 23.1 Å². The summed E-state index contributed by atoms with van der Waals surface area (Å²) in [7, 11) is 0. The van der Waals surface area contributed by atoms with Gasteiger partial charge in [-0.05, 0) is 19.3 Å². The molecule has 0 saturated heterocycles. The second kappa shape index (κ2) is 4.61. The molecule has 88 valence electrons. The maximum absolute atomic E-state index is 11.9. The van der Waals surface area contributed by atoms with Gasteiger partial charge in [0.15, 0.2) is 0 Å². The van der Waals surface area contributed by atoms with E-state index in [0.29, 0.717) is 12.8 Å². The van der Waals surface area contributed by atoms with Gasteiger partial charge in [0.25, 0.3) is 0 Å². The normalized spacial score (nSPS) is 32.5. The predicted octanol–water partition coefficient (Wildman–Crippen LogP) is 0.877. The zero-order valence-corrected chi connectivity index (χ0v) is 8.68. The van der Waals surface area contributed by atoms with Crippen molar-refractivity contribution in [1.29, 1.82) is 0 Å². The molecule has 1 saturated carbocycles. The number of amides is 1. The van der Waals surface area contributed by atoms with Gasteiger partial charge in [-0.2, -0.15) is 25.8 Å². The van der Waals surface area contributed by atoms with Crippen molar-refractivity contribution in [3.8, 4) is 0 Å². The minimum absolute atomic E-state index is 0.121. The zero-order chi connectivity index (χ0) is 11.6. The van der Waals surface area contributed by atoms with Gasteiger partial charge < -0.3 is 10.4 Å². The summed E-state index contributed by atoms with van der Waals surface area (Å²) in [5, 5.41) is 11.0. The largest absolute Gasteiger partial charge is 0.471 e. The quantitative estimate of drug-likeness (QED) is 0.599. The van der Waals surface area contributed by atoms with Crippen molar-refractivity contribution in [2.24, 2.45) is 0 Å². The molecular weight excluding hydrogens is 231 g/mol. The molecule has 1 amide bonds. The molecule has 0 aliphatic heterocycles. The molecule has 7 heteroatoms. The molecule has 3 nitrogen and oxygen atoms in total. The van der Waals surface area contributed by atoms with Crippen molar-refractivity contribution in [1.82, 2.24) is 5.32 Å². The monoisotopic (exact) mass is 243 g/mol. The number of hydrogen-bond acceptors (Lipinski definition) is 3. The van der Waals surface area contributed by atoms with E-state index in [1.165, 1.54) is 0 Å². The van der Waals surface area contributed by atoms with Gasteiger partial charge in [0, 0.05) is 11.3 Å². The first-order valence-corrected chi connectivity index (χ1v) is 5.06. The summed E-state index contributed by atoms with van der Waals surface area (Å²) >= 11 is 4.06. The lowest BCUT2D eigenvalue weighted by molar-refractivity contribution is -0.174. The number of halogens is 3. The summed E-state index contributed by atoms with van der Waals surface area (Å²) in [6.07, 6.45) is -4.60. The number of carbonyl (C=O) groups is 1. The fraction of sp³-hybridized carbons (Fsp3) is 0.875. The molecule has 0 heterocycles. The molecule has 15 heavy (non-hydrogen) atoms. The van der Waals surface area contributed by atoms with Crippen LogP contribution in [0.25, 0.3) is 0 Å². The number of hydrogen-bond donors (Lipinski definition) is 3. The van der Waals surface area contributed by atoms with Gasteiger partial charge in [-0.3, -0.25) is 4.79 Å². The molecular formula is C8H12F3NO2S. The van der Waals surface area contributed by atoms with E-state index < -0.39 is 24.2 Å². The second-order valence-corrected chi connectivity index (χ2v) is 4.28. The van der Waals surface area contributed by atoms with Crippen LogP contribution in [0, 0.1) is 0 Å². The standard InChI is InChI=1S/C8H12F3NO2S/c9-8(10,11)7(14)12-4-1-2-6(15)5(13)3-4/h4-6,13,15H,1-3H2,(H,12,14)/t4-,5-,6-/m1/s1. The molecule has 0 spiro atoms. The van der Waals surface area contributed by atoms with Crippen LogP contribution in [0.1, 0.15) is 19.3 Å². The van der Waals surface area contributed by atoms with Crippen LogP contribution < -0.4 is 5.32 Å². The van der Waals surface area contributed by atoms with Gasteiger partial charge in [-0.25, -0.2) is 0 Å². The number of rotatable bonds is 1.